The number of amides is 1. The molecule has 0 N–H and O–H groups in total. The lowest BCUT2D eigenvalue weighted by molar-refractivity contribution is -0.133. The summed E-state index contributed by atoms with van der Waals surface area (Å²) in [5, 5.41) is 0.655. The molecule has 0 saturated carbocycles. The van der Waals surface area contributed by atoms with Crippen molar-refractivity contribution >= 4 is 31.7 Å². The Morgan fingerprint density at radius 1 is 1.29 bits per heavy atom. The third kappa shape index (κ3) is 4.58. The van der Waals surface area contributed by atoms with E-state index in [1.807, 2.05) is 6.92 Å². The Balaban J connectivity index is 4.94. The minimum atomic E-state index is -3.40. The molecule has 0 aromatic heterocycles. The summed E-state index contributed by atoms with van der Waals surface area (Å²) in [7, 11) is -3.40. The lowest BCUT2D eigenvalue weighted by Crippen LogP contribution is -2.50. The van der Waals surface area contributed by atoms with Crippen molar-refractivity contribution < 1.29 is 13.2 Å². The second-order valence-electron chi connectivity index (χ2n) is 4.62. The van der Waals surface area contributed by atoms with Crippen molar-refractivity contribution in [3.05, 3.63) is 0 Å². The number of nitrogens with zero attached hydrogens (tertiary/aromatic N) is 1. The summed E-state index contributed by atoms with van der Waals surface area (Å²) in [5.74, 6) is -0.312. The van der Waals surface area contributed by atoms with Gasteiger partial charge in [0, 0.05) is 24.7 Å². The van der Waals surface area contributed by atoms with Crippen molar-refractivity contribution in [3.8, 4) is 0 Å². The summed E-state index contributed by atoms with van der Waals surface area (Å²) >= 11 is 3.28. The first-order valence-corrected chi connectivity index (χ1v) is 8.74. The molecular weight excluding hydrogens is 306 g/mol. The molecule has 0 aromatic carbocycles. The van der Waals surface area contributed by atoms with Crippen LogP contribution in [0.15, 0.2) is 0 Å². The second kappa shape index (κ2) is 6.73. The molecule has 0 fully saturated rings. The molecule has 0 aliphatic heterocycles. The van der Waals surface area contributed by atoms with Gasteiger partial charge in [0.25, 0.3) is 0 Å². The highest BCUT2D eigenvalue weighted by molar-refractivity contribution is 9.09. The van der Waals surface area contributed by atoms with E-state index in [9.17, 15) is 13.2 Å². The van der Waals surface area contributed by atoms with Crippen LogP contribution in [0.1, 0.15) is 33.6 Å². The van der Waals surface area contributed by atoms with Gasteiger partial charge in [-0.05, 0) is 20.3 Å². The molecule has 0 atom stereocenters. The highest BCUT2D eigenvalue weighted by atomic mass is 79.9. The van der Waals surface area contributed by atoms with E-state index < -0.39 is 14.6 Å². The van der Waals surface area contributed by atoms with E-state index in [0.717, 1.165) is 19.1 Å². The summed E-state index contributed by atoms with van der Waals surface area (Å²) in [6.07, 6.45) is 2.97. The van der Waals surface area contributed by atoms with E-state index in [1.54, 1.807) is 4.90 Å². The van der Waals surface area contributed by atoms with Crippen molar-refractivity contribution in [1.29, 1.82) is 0 Å². The minimum Gasteiger partial charge on any atom is -0.341 e. The van der Waals surface area contributed by atoms with E-state index >= 15 is 0 Å². The fourth-order valence-electron chi connectivity index (χ4n) is 1.31. The van der Waals surface area contributed by atoms with Gasteiger partial charge in [0.2, 0.25) is 5.91 Å². The molecule has 17 heavy (non-hydrogen) atoms. The summed E-state index contributed by atoms with van der Waals surface area (Å²) in [6.45, 7) is 6.13. The predicted molar refractivity (Wildman–Crippen MR) is 74.2 cm³/mol. The average Bonchev–Trinajstić information content (AvgIpc) is 2.21. The van der Waals surface area contributed by atoms with Crippen LogP contribution < -0.4 is 0 Å². The molecule has 0 unspecified atom stereocenters. The molecule has 0 bridgehead atoms. The molecule has 0 rings (SSSR count). The van der Waals surface area contributed by atoms with Crippen LogP contribution in [0.3, 0.4) is 0 Å². The molecule has 0 spiro atoms. The maximum absolute atomic E-state index is 12.2. The van der Waals surface area contributed by atoms with Crippen LogP contribution in [0.2, 0.25) is 0 Å². The van der Waals surface area contributed by atoms with Gasteiger partial charge in [0.15, 0.2) is 9.84 Å². The number of alkyl halides is 1. The maximum atomic E-state index is 12.2. The zero-order valence-corrected chi connectivity index (χ0v) is 13.4. The largest absolute Gasteiger partial charge is 0.341 e. The Bertz CT molecular complexity index is 352. The third-order valence-corrected chi connectivity index (χ3v) is 5.25. The summed E-state index contributed by atoms with van der Waals surface area (Å²) < 4.78 is 21.9. The number of hydrogen-bond acceptors (Lipinski definition) is 3. The van der Waals surface area contributed by atoms with Crippen molar-refractivity contribution in [2.75, 3.05) is 24.7 Å². The van der Waals surface area contributed by atoms with Crippen molar-refractivity contribution in [3.63, 3.8) is 0 Å². The molecular formula is C11H22BrNO3S. The highest BCUT2D eigenvalue weighted by Gasteiger charge is 2.40. The van der Waals surface area contributed by atoms with Crippen molar-refractivity contribution in [2.45, 2.75) is 38.4 Å². The molecule has 1 amide bonds. The molecule has 0 saturated heterocycles. The molecule has 0 aliphatic rings. The van der Waals surface area contributed by atoms with E-state index in [0.29, 0.717) is 18.4 Å². The quantitative estimate of drug-likeness (QED) is 0.670. The van der Waals surface area contributed by atoms with Gasteiger partial charge in [0.1, 0.15) is 4.75 Å². The second-order valence-corrected chi connectivity index (χ2v) is 7.98. The smallest absolute Gasteiger partial charge is 0.243 e. The standard InChI is InChI=1S/C11H22BrNO3S/c1-5-6-8-13(9-7-12)10(14)11(2,3)17(4,15)16/h5-9H2,1-4H3. The van der Waals surface area contributed by atoms with Crippen LogP contribution in [0.5, 0.6) is 0 Å². The Kier molecular flexibility index (Phi) is 6.69. The number of rotatable bonds is 7. The number of hydrogen-bond donors (Lipinski definition) is 0. The van der Waals surface area contributed by atoms with Gasteiger partial charge in [-0.15, -0.1) is 0 Å². The first-order valence-electron chi connectivity index (χ1n) is 5.73. The monoisotopic (exact) mass is 327 g/mol. The molecule has 0 heterocycles. The molecule has 0 aromatic rings. The first-order chi connectivity index (χ1) is 7.68. The van der Waals surface area contributed by atoms with Crippen LogP contribution in [0.25, 0.3) is 0 Å². The maximum Gasteiger partial charge on any atom is 0.243 e. The van der Waals surface area contributed by atoms with Gasteiger partial charge in [0.05, 0.1) is 0 Å². The molecule has 102 valence electrons. The van der Waals surface area contributed by atoms with Gasteiger partial charge in [-0.1, -0.05) is 29.3 Å². The van der Waals surface area contributed by atoms with Gasteiger partial charge in [-0.2, -0.15) is 0 Å². The van der Waals surface area contributed by atoms with E-state index in [4.69, 9.17) is 0 Å². The molecule has 0 radical (unpaired) electrons. The zero-order chi connectivity index (χ0) is 13.7. The van der Waals surface area contributed by atoms with E-state index in [-0.39, 0.29) is 5.91 Å². The number of sulfone groups is 1. The topological polar surface area (TPSA) is 54.5 Å². The fraction of sp³-hybridized carbons (Fsp3) is 0.909. The first kappa shape index (κ1) is 16.9. The summed E-state index contributed by atoms with van der Waals surface area (Å²) in [6, 6.07) is 0. The van der Waals surface area contributed by atoms with Crippen LogP contribution in [-0.2, 0) is 14.6 Å². The fourth-order valence-corrected chi connectivity index (χ4v) is 2.18. The average molecular weight is 328 g/mol. The van der Waals surface area contributed by atoms with Gasteiger partial charge in [-0.3, -0.25) is 4.79 Å². The molecule has 6 heteroatoms. The van der Waals surface area contributed by atoms with Crippen LogP contribution in [0.4, 0.5) is 0 Å². The number of carbonyl (C=O) groups is 1. The Morgan fingerprint density at radius 2 is 1.82 bits per heavy atom. The van der Waals surface area contributed by atoms with Gasteiger partial charge in [-0.25, -0.2) is 8.42 Å². The number of carbonyl (C=O) groups excluding carboxylic acids is 1. The van der Waals surface area contributed by atoms with Gasteiger partial charge < -0.3 is 4.90 Å². The predicted octanol–water partition coefficient (Wildman–Crippen LogP) is 1.83. The highest BCUT2D eigenvalue weighted by Crippen LogP contribution is 2.19. The van der Waals surface area contributed by atoms with Crippen molar-refractivity contribution in [2.24, 2.45) is 0 Å². The summed E-state index contributed by atoms with van der Waals surface area (Å²) in [5.41, 5.74) is 0. The normalized spacial score (nSPS) is 12.5. The van der Waals surface area contributed by atoms with Crippen molar-refractivity contribution in [1.82, 2.24) is 4.90 Å². The van der Waals surface area contributed by atoms with Gasteiger partial charge >= 0.3 is 0 Å². The Morgan fingerprint density at radius 3 is 2.18 bits per heavy atom. The van der Waals surface area contributed by atoms with Crippen LogP contribution in [0, 0.1) is 0 Å². The lowest BCUT2D eigenvalue weighted by atomic mass is 10.1. The number of unbranched alkanes of at least 4 members (excludes halogenated alkanes) is 1. The molecule has 4 nitrogen and oxygen atoms in total. The SMILES string of the molecule is CCCCN(CCBr)C(=O)C(C)(C)S(C)(=O)=O. The Labute approximate surface area is 113 Å². The lowest BCUT2D eigenvalue weighted by Gasteiger charge is -2.30. The minimum absolute atomic E-state index is 0.312. The zero-order valence-electron chi connectivity index (χ0n) is 11.0. The molecule has 0 aliphatic carbocycles. The van der Waals surface area contributed by atoms with E-state index in [2.05, 4.69) is 15.9 Å². The number of halogens is 1. The van der Waals surface area contributed by atoms with E-state index in [1.165, 1.54) is 13.8 Å². The Hall–Kier alpha value is -0.100. The van der Waals surface area contributed by atoms with Crippen LogP contribution in [-0.4, -0.2) is 48.6 Å². The van der Waals surface area contributed by atoms with Crippen LogP contribution >= 0.6 is 15.9 Å². The third-order valence-electron chi connectivity index (χ3n) is 2.87. The summed E-state index contributed by atoms with van der Waals surface area (Å²) in [4.78, 5) is 13.9.